The molecule has 1 amide bonds. The fourth-order valence-corrected chi connectivity index (χ4v) is 1.49. The van der Waals surface area contributed by atoms with E-state index in [1.165, 1.54) is 19.2 Å². The zero-order chi connectivity index (χ0) is 13.7. The average molecular weight is 259 g/mol. The Morgan fingerprint density at radius 3 is 2.58 bits per heavy atom. The van der Waals surface area contributed by atoms with E-state index in [1.807, 2.05) is 6.07 Å². The summed E-state index contributed by atoms with van der Waals surface area (Å²) in [7, 11) is 1.43. The number of para-hydroxylation sites is 1. The Balaban J connectivity index is 2.03. The van der Waals surface area contributed by atoms with Gasteiger partial charge in [0.05, 0.1) is 7.11 Å². The number of carbonyl (C=O) groups is 1. The lowest BCUT2D eigenvalue weighted by atomic mass is 10.3. The number of phenols is 1. The first kappa shape index (κ1) is 12.8. The van der Waals surface area contributed by atoms with E-state index in [-0.39, 0.29) is 11.5 Å². The van der Waals surface area contributed by atoms with Gasteiger partial charge in [-0.3, -0.25) is 5.32 Å². The van der Waals surface area contributed by atoms with Crippen LogP contribution < -0.4 is 14.8 Å². The van der Waals surface area contributed by atoms with Crippen molar-refractivity contribution in [1.82, 2.24) is 0 Å². The van der Waals surface area contributed by atoms with Crippen LogP contribution in [0.5, 0.6) is 17.2 Å². The second kappa shape index (κ2) is 5.77. The van der Waals surface area contributed by atoms with Gasteiger partial charge in [-0.25, -0.2) is 4.79 Å². The van der Waals surface area contributed by atoms with Gasteiger partial charge in [-0.05, 0) is 24.3 Å². The van der Waals surface area contributed by atoms with E-state index in [0.717, 1.165) is 0 Å². The lowest BCUT2D eigenvalue weighted by Crippen LogP contribution is -2.16. The fraction of sp³-hybridized carbons (Fsp3) is 0.0714. The van der Waals surface area contributed by atoms with Gasteiger partial charge in [-0.15, -0.1) is 0 Å². The standard InChI is InChI=1S/C14H13NO4/c1-18-13-9-10(7-8-12(13)16)15-14(17)19-11-5-3-2-4-6-11/h2-9,16H,1H3,(H,15,17). The highest BCUT2D eigenvalue weighted by atomic mass is 16.6. The summed E-state index contributed by atoms with van der Waals surface area (Å²) < 4.78 is 10.0. The molecule has 5 heteroatoms. The van der Waals surface area contributed by atoms with E-state index >= 15 is 0 Å². The Hall–Kier alpha value is -2.69. The van der Waals surface area contributed by atoms with Crippen LogP contribution in [-0.4, -0.2) is 18.3 Å². The predicted molar refractivity (Wildman–Crippen MR) is 70.7 cm³/mol. The number of carbonyl (C=O) groups excluding carboxylic acids is 1. The quantitative estimate of drug-likeness (QED) is 0.831. The Morgan fingerprint density at radius 1 is 1.16 bits per heavy atom. The Labute approximate surface area is 110 Å². The zero-order valence-corrected chi connectivity index (χ0v) is 10.3. The van der Waals surface area contributed by atoms with Crippen molar-refractivity contribution in [1.29, 1.82) is 0 Å². The lowest BCUT2D eigenvalue weighted by Gasteiger charge is -2.08. The molecule has 2 N–H and O–H groups in total. The predicted octanol–water partition coefficient (Wildman–Crippen LogP) is 3.01. The van der Waals surface area contributed by atoms with Crippen molar-refractivity contribution in [3.8, 4) is 17.2 Å². The highest BCUT2D eigenvalue weighted by Crippen LogP contribution is 2.28. The molecule has 0 aliphatic heterocycles. The highest BCUT2D eigenvalue weighted by Gasteiger charge is 2.07. The molecule has 0 unspecified atom stereocenters. The monoisotopic (exact) mass is 259 g/mol. The van der Waals surface area contributed by atoms with E-state index in [4.69, 9.17) is 9.47 Å². The first-order chi connectivity index (χ1) is 9.19. The van der Waals surface area contributed by atoms with Gasteiger partial charge in [0.1, 0.15) is 5.75 Å². The van der Waals surface area contributed by atoms with Gasteiger partial charge in [0, 0.05) is 11.8 Å². The van der Waals surface area contributed by atoms with Crippen LogP contribution in [-0.2, 0) is 0 Å². The molecular weight excluding hydrogens is 246 g/mol. The Kier molecular flexibility index (Phi) is 3.87. The molecule has 2 rings (SSSR count). The summed E-state index contributed by atoms with van der Waals surface area (Å²) in [6, 6.07) is 13.2. The summed E-state index contributed by atoms with van der Waals surface area (Å²) >= 11 is 0. The molecule has 0 heterocycles. The van der Waals surface area contributed by atoms with Gasteiger partial charge in [0.15, 0.2) is 11.5 Å². The highest BCUT2D eigenvalue weighted by molar-refractivity contribution is 5.86. The third kappa shape index (κ3) is 3.38. The smallest absolute Gasteiger partial charge is 0.417 e. The minimum atomic E-state index is -0.612. The van der Waals surface area contributed by atoms with Crippen LogP contribution in [0.15, 0.2) is 48.5 Å². The van der Waals surface area contributed by atoms with Crippen LogP contribution in [0.2, 0.25) is 0 Å². The number of phenolic OH excluding ortho intramolecular Hbond substituents is 1. The number of hydrogen-bond donors (Lipinski definition) is 2. The molecule has 0 bridgehead atoms. The number of anilines is 1. The van der Waals surface area contributed by atoms with Gasteiger partial charge >= 0.3 is 6.09 Å². The molecule has 2 aromatic rings. The molecule has 0 aliphatic rings. The van der Waals surface area contributed by atoms with Crippen molar-refractivity contribution in [3.05, 3.63) is 48.5 Å². The maximum Gasteiger partial charge on any atom is 0.417 e. The fourth-order valence-electron chi connectivity index (χ4n) is 1.49. The number of methoxy groups -OCH3 is 1. The van der Waals surface area contributed by atoms with Crippen molar-refractivity contribution >= 4 is 11.8 Å². The second-order valence-corrected chi connectivity index (χ2v) is 3.71. The molecule has 0 saturated carbocycles. The molecule has 2 aromatic carbocycles. The third-order valence-corrected chi connectivity index (χ3v) is 2.38. The summed E-state index contributed by atoms with van der Waals surface area (Å²) in [4.78, 5) is 11.6. The number of nitrogens with one attached hydrogen (secondary N) is 1. The van der Waals surface area contributed by atoms with Crippen molar-refractivity contribution in [2.45, 2.75) is 0 Å². The van der Waals surface area contributed by atoms with Crippen LogP contribution in [0.4, 0.5) is 10.5 Å². The maximum atomic E-state index is 11.6. The molecule has 0 aliphatic carbocycles. The molecule has 0 atom stereocenters. The molecule has 5 nitrogen and oxygen atoms in total. The number of ether oxygens (including phenoxy) is 2. The van der Waals surface area contributed by atoms with Gasteiger partial charge in [-0.2, -0.15) is 0 Å². The van der Waals surface area contributed by atoms with Crippen molar-refractivity contribution in [2.24, 2.45) is 0 Å². The van der Waals surface area contributed by atoms with E-state index < -0.39 is 6.09 Å². The lowest BCUT2D eigenvalue weighted by molar-refractivity contribution is 0.215. The first-order valence-corrected chi connectivity index (χ1v) is 5.60. The molecule has 0 fully saturated rings. The summed E-state index contributed by atoms with van der Waals surface area (Å²) in [6.07, 6.45) is -0.612. The minimum Gasteiger partial charge on any atom is -0.504 e. The molecule has 0 aromatic heterocycles. The van der Waals surface area contributed by atoms with Crippen LogP contribution in [0.3, 0.4) is 0 Å². The first-order valence-electron chi connectivity index (χ1n) is 5.60. The SMILES string of the molecule is COc1cc(NC(=O)Oc2ccccc2)ccc1O. The maximum absolute atomic E-state index is 11.6. The van der Waals surface area contributed by atoms with Gasteiger partial charge in [0.2, 0.25) is 0 Å². The van der Waals surface area contributed by atoms with Crippen LogP contribution in [0.1, 0.15) is 0 Å². The average Bonchev–Trinajstić information content (AvgIpc) is 2.42. The van der Waals surface area contributed by atoms with Crippen molar-refractivity contribution in [3.63, 3.8) is 0 Å². The topological polar surface area (TPSA) is 67.8 Å². The van der Waals surface area contributed by atoms with Crippen LogP contribution >= 0.6 is 0 Å². The van der Waals surface area contributed by atoms with E-state index in [2.05, 4.69) is 5.32 Å². The Morgan fingerprint density at radius 2 is 1.89 bits per heavy atom. The normalized spacial score (nSPS) is 9.74. The van der Waals surface area contributed by atoms with E-state index in [0.29, 0.717) is 11.4 Å². The molecule has 0 saturated heterocycles. The summed E-state index contributed by atoms with van der Waals surface area (Å²) in [5.74, 6) is 0.729. The molecule has 0 spiro atoms. The van der Waals surface area contributed by atoms with E-state index in [1.54, 1.807) is 30.3 Å². The number of rotatable bonds is 3. The van der Waals surface area contributed by atoms with E-state index in [9.17, 15) is 9.90 Å². The largest absolute Gasteiger partial charge is 0.504 e. The number of aromatic hydroxyl groups is 1. The summed E-state index contributed by atoms with van der Waals surface area (Å²) in [5, 5.41) is 12.0. The number of amides is 1. The third-order valence-electron chi connectivity index (χ3n) is 2.38. The molecular formula is C14H13NO4. The second-order valence-electron chi connectivity index (χ2n) is 3.71. The molecule has 0 radical (unpaired) electrons. The van der Waals surface area contributed by atoms with Gasteiger partial charge < -0.3 is 14.6 Å². The van der Waals surface area contributed by atoms with Crippen LogP contribution in [0, 0.1) is 0 Å². The molecule has 98 valence electrons. The summed E-state index contributed by atoms with van der Waals surface area (Å²) in [5.41, 5.74) is 0.468. The van der Waals surface area contributed by atoms with Crippen molar-refractivity contribution < 1.29 is 19.4 Å². The Bertz CT molecular complexity index is 569. The number of benzene rings is 2. The molecule has 19 heavy (non-hydrogen) atoms. The zero-order valence-electron chi connectivity index (χ0n) is 10.3. The number of hydrogen-bond acceptors (Lipinski definition) is 4. The minimum absolute atomic E-state index is 0.00415. The van der Waals surface area contributed by atoms with Crippen LogP contribution in [0.25, 0.3) is 0 Å². The van der Waals surface area contributed by atoms with Gasteiger partial charge in [0.25, 0.3) is 0 Å². The van der Waals surface area contributed by atoms with Crippen molar-refractivity contribution in [2.75, 3.05) is 12.4 Å². The summed E-state index contributed by atoms with van der Waals surface area (Å²) in [6.45, 7) is 0. The van der Waals surface area contributed by atoms with Gasteiger partial charge in [-0.1, -0.05) is 18.2 Å².